The van der Waals surface area contributed by atoms with Gasteiger partial charge in [0.25, 0.3) is 0 Å². The number of rotatable bonds is 1. The number of aliphatic imine (C=N–C) groups is 1. The molecule has 2 rings (SSSR count). The Bertz CT molecular complexity index is 530. The van der Waals surface area contributed by atoms with E-state index in [1.165, 1.54) is 6.34 Å². The second-order valence-electron chi connectivity index (χ2n) is 3.03. The number of aromatic nitrogens is 2. The molecule has 1 heterocycles. The number of fused-ring (bicyclic) bond motifs is 1. The third kappa shape index (κ3) is 1.35. The number of H-pyrrole nitrogens is 1. The van der Waals surface area contributed by atoms with Crippen LogP contribution >= 0.6 is 0 Å². The van der Waals surface area contributed by atoms with E-state index in [4.69, 9.17) is 0 Å². The normalized spacial score (nSPS) is 13.1. The van der Waals surface area contributed by atoms with Gasteiger partial charge in [0.1, 0.15) is 6.34 Å². The van der Waals surface area contributed by atoms with Gasteiger partial charge in [0.05, 0.1) is 11.0 Å². The molecule has 1 N–H and O–H groups in total. The maximum Gasteiger partial charge on any atom is 0.209 e. The molecule has 0 saturated carbocycles. The molecule has 0 unspecified atom stereocenters. The van der Waals surface area contributed by atoms with E-state index in [0.717, 1.165) is 16.7 Å². The maximum atomic E-state index is 4.18. The Balaban J connectivity index is 2.74. The Morgan fingerprint density at radius 1 is 1.36 bits per heavy atom. The van der Waals surface area contributed by atoms with Crippen molar-refractivity contribution in [1.82, 2.24) is 9.55 Å². The predicted molar refractivity (Wildman–Crippen MR) is 57.2 cm³/mol. The largest absolute Gasteiger partial charge is 0.324 e. The zero-order valence-electron chi connectivity index (χ0n) is 8.23. The summed E-state index contributed by atoms with van der Waals surface area (Å²) in [5, 5.41) is 0. The molecule has 0 aliphatic rings. The van der Waals surface area contributed by atoms with E-state index in [1.807, 2.05) is 35.9 Å². The Labute approximate surface area is 81.6 Å². The number of para-hydroxylation sites is 2. The molecule has 0 aliphatic heterocycles. The van der Waals surface area contributed by atoms with Crippen LogP contribution < -0.4 is 5.62 Å². The van der Waals surface area contributed by atoms with Crippen molar-refractivity contribution in [1.29, 1.82) is 0 Å². The molecule has 0 aliphatic carbocycles. The number of nitrogens with zero attached hydrogens (tertiary/aromatic N) is 3. The summed E-state index contributed by atoms with van der Waals surface area (Å²) in [6.07, 6.45) is 1.53. The highest BCUT2D eigenvalue weighted by Crippen LogP contribution is 2.06. The Morgan fingerprint density at radius 3 is 2.86 bits per heavy atom. The highest BCUT2D eigenvalue weighted by atomic mass is 15.1. The summed E-state index contributed by atoms with van der Waals surface area (Å²) < 4.78 is 2.00. The molecule has 4 nitrogen and oxygen atoms in total. The smallest absolute Gasteiger partial charge is 0.209 e. The standard InChI is InChI=1S/C10H12N4/c1-11-7-12-10-13-8-5-3-4-6-9(8)14(10)2/h3-7H,1-2H3,(H,11,12,13). The lowest BCUT2D eigenvalue weighted by atomic mass is 10.3. The summed E-state index contributed by atoms with van der Waals surface area (Å²) in [5.41, 5.74) is 3.02. The molecule has 1 aromatic heterocycles. The van der Waals surface area contributed by atoms with Gasteiger partial charge in [-0.3, -0.25) is 4.99 Å². The number of imidazole rings is 1. The molecule has 1 aromatic carbocycles. The predicted octanol–water partition coefficient (Wildman–Crippen LogP) is 1.07. The SMILES string of the molecule is C/N=C\N=c1/[nH]c2ccccc2n1C. The van der Waals surface area contributed by atoms with Gasteiger partial charge < -0.3 is 9.55 Å². The van der Waals surface area contributed by atoms with Crippen LogP contribution in [0.5, 0.6) is 0 Å². The van der Waals surface area contributed by atoms with Crippen LogP contribution in [-0.4, -0.2) is 22.9 Å². The van der Waals surface area contributed by atoms with Gasteiger partial charge in [0.2, 0.25) is 5.62 Å². The lowest BCUT2D eigenvalue weighted by molar-refractivity contribution is 0.864. The lowest BCUT2D eigenvalue weighted by Gasteiger charge is -1.91. The van der Waals surface area contributed by atoms with Gasteiger partial charge in [-0.15, -0.1) is 0 Å². The molecule has 0 spiro atoms. The summed E-state index contributed by atoms with van der Waals surface area (Å²) in [6, 6.07) is 8.08. The van der Waals surface area contributed by atoms with Gasteiger partial charge in [-0.05, 0) is 12.1 Å². The van der Waals surface area contributed by atoms with Crippen LogP contribution in [0, 0.1) is 0 Å². The average molecular weight is 188 g/mol. The van der Waals surface area contributed by atoms with Gasteiger partial charge in [-0.2, -0.15) is 0 Å². The summed E-state index contributed by atoms with van der Waals surface area (Å²) in [4.78, 5) is 11.2. The van der Waals surface area contributed by atoms with Crippen LogP contribution in [0.25, 0.3) is 11.0 Å². The van der Waals surface area contributed by atoms with Gasteiger partial charge in [-0.1, -0.05) is 12.1 Å². The molecule has 72 valence electrons. The lowest BCUT2D eigenvalue weighted by Crippen LogP contribution is -2.15. The average Bonchev–Trinajstić information content (AvgIpc) is 2.54. The number of hydrogen-bond acceptors (Lipinski definition) is 1. The molecular weight excluding hydrogens is 176 g/mol. The van der Waals surface area contributed by atoms with Gasteiger partial charge in [-0.25, -0.2) is 4.99 Å². The molecule has 0 bridgehead atoms. The highest BCUT2D eigenvalue weighted by Gasteiger charge is 1.98. The Morgan fingerprint density at radius 2 is 2.14 bits per heavy atom. The number of hydrogen-bond donors (Lipinski definition) is 1. The third-order valence-electron chi connectivity index (χ3n) is 2.13. The van der Waals surface area contributed by atoms with Crippen molar-refractivity contribution in [2.75, 3.05) is 7.05 Å². The van der Waals surface area contributed by atoms with Gasteiger partial charge in [0.15, 0.2) is 0 Å². The van der Waals surface area contributed by atoms with E-state index in [-0.39, 0.29) is 0 Å². The molecule has 0 atom stereocenters. The summed E-state index contributed by atoms with van der Waals surface area (Å²) in [6.45, 7) is 0. The number of aromatic amines is 1. The van der Waals surface area contributed by atoms with Crippen molar-refractivity contribution >= 4 is 17.4 Å². The fourth-order valence-corrected chi connectivity index (χ4v) is 1.42. The fourth-order valence-electron chi connectivity index (χ4n) is 1.42. The molecule has 14 heavy (non-hydrogen) atoms. The van der Waals surface area contributed by atoms with Crippen LogP contribution in [0.2, 0.25) is 0 Å². The second-order valence-corrected chi connectivity index (χ2v) is 3.03. The minimum Gasteiger partial charge on any atom is -0.324 e. The van der Waals surface area contributed by atoms with Crippen LogP contribution in [0.4, 0.5) is 0 Å². The van der Waals surface area contributed by atoms with Gasteiger partial charge >= 0.3 is 0 Å². The quantitative estimate of drug-likeness (QED) is 0.514. The van der Waals surface area contributed by atoms with Crippen LogP contribution in [0.1, 0.15) is 0 Å². The first kappa shape index (κ1) is 8.74. The minimum absolute atomic E-state index is 0.803. The zero-order chi connectivity index (χ0) is 9.97. The summed E-state index contributed by atoms with van der Waals surface area (Å²) in [7, 11) is 3.67. The van der Waals surface area contributed by atoms with E-state index >= 15 is 0 Å². The molecule has 0 amide bonds. The maximum absolute atomic E-state index is 4.18. The van der Waals surface area contributed by atoms with Crippen molar-refractivity contribution in [2.45, 2.75) is 0 Å². The van der Waals surface area contributed by atoms with Crippen LogP contribution in [-0.2, 0) is 7.05 Å². The van der Waals surface area contributed by atoms with E-state index in [2.05, 4.69) is 15.0 Å². The van der Waals surface area contributed by atoms with Crippen LogP contribution in [0.3, 0.4) is 0 Å². The van der Waals surface area contributed by atoms with Crippen molar-refractivity contribution < 1.29 is 0 Å². The van der Waals surface area contributed by atoms with Crippen molar-refractivity contribution in [3.8, 4) is 0 Å². The molecule has 0 fully saturated rings. The fraction of sp³-hybridized carbons (Fsp3) is 0.200. The van der Waals surface area contributed by atoms with E-state index in [9.17, 15) is 0 Å². The second kappa shape index (κ2) is 3.49. The first-order valence-electron chi connectivity index (χ1n) is 4.41. The summed E-state index contributed by atoms with van der Waals surface area (Å²) in [5.74, 6) is 0. The molecule has 0 saturated heterocycles. The third-order valence-corrected chi connectivity index (χ3v) is 2.13. The molecular formula is C10H12N4. The Kier molecular flexibility index (Phi) is 2.18. The topological polar surface area (TPSA) is 45.4 Å². The Hall–Kier alpha value is -1.84. The monoisotopic (exact) mass is 188 g/mol. The zero-order valence-corrected chi connectivity index (χ0v) is 8.23. The van der Waals surface area contributed by atoms with E-state index in [0.29, 0.717) is 0 Å². The van der Waals surface area contributed by atoms with Gasteiger partial charge in [0, 0.05) is 14.1 Å². The summed E-state index contributed by atoms with van der Waals surface area (Å²) >= 11 is 0. The van der Waals surface area contributed by atoms with Crippen molar-refractivity contribution in [3.63, 3.8) is 0 Å². The number of benzene rings is 1. The number of nitrogens with one attached hydrogen (secondary N) is 1. The van der Waals surface area contributed by atoms with Crippen molar-refractivity contribution in [2.24, 2.45) is 17.0 Å². The highest BCUT2D eigenvalue weighted by molar-refractivity contribution is 5.74. The molecule has 2 aromatic rings. The first-order valence-corrected chi connectivity index (χ1v) is 4.41. The van der Waals surface area contributed by atoms with E-state index < -0.39 is 0 Å². The molecule has 4 heteroatoms. The molecule has 0 radical (unpaired) electrons. The minimum atomic E-state index is 0.803. The van der Waals surface area contributed by atoms with Crippen molar-refractivity contribution in [3.05, 3.63) is 29.9 Å². The van der Waals surface area contributed by atoms with Crippen LogP contribution in [0.15, 0.2) is 34.3 Å². The van der Waals surface area contributed by atoms with E-state index in [1.54, 1.807) is 7.05 Å². The first-order chi connectivity index (χ1) is 6.83. The number of aryl methyl sites for hydroxylation is 1.